The van der Waals surface area contributed by atoms with Crippen molar-refractivity contribution in [3.05, 3.63) is 65.5 Å². The normalized spacial score (nSPS) is 20.5. The molecule has 1 aromatic heterocycles. The molecule has 1 N–H and O–H groups in total. The summed E-state index contributed by atoms with van der Waals surface area (Å²) in [7, 11) is 0. The highest BCUT2D eigenvalue weighted by molar-refractivity contribution is 6.07. The van der Waals surface area contributed by atoms with Gasteiger partial charge in [0.25, 0.3) is 5.91 Å². The number of nitrogens with zero attached hydrogens (tertiary/aromatic N) is 3. The summed E-state index contributed by atoms with van der Waals surface area (Å²) in [6, 6.07) is 14.5. The first-order valence-electron chi connectivity index (χ1n) is 9.33. The number of ether oxygens (including phenoxy) is 1. The lowest BCUT2D eigenvalue weighted by Gasteiger charge is -2.33. The molecular formula is C21H18N4O4. The summed E-state index contributed by atoms with van der Waals surface area (Å²) in [5.74, 6) is 0.877. The molecule has 0 unspecified atom stereocenters. The van der Waals surface area contributed by atoms with Crippen LogP contribution >= 0.6 is 0 Å². The number of aryl methyl sites for hydroxylation is 1. The van der Waals surface area contributed by atoms with E-state index in [1.807, 2.05) is 43.3 Å². The van der Waals surface area contributed by atoms with Crippen molar-refractivity contribution in [3.8, 4) is 17.1 Å². The van der Waals surface area contributed by atoms with E-state index in [1.165, 1.54) is 0 Å². The van der Waals surface area contributed by atoms with Gasteiger partial charge in [-0.25, -0.2) is 4.79 Å². The summed E-state index contributed by atoms with van der Waals surface area (Å²) in [6.07, 6.45) is 0.365. The topological polar surface area (TPSA) is 97.6 Å². The third-order valence-electron chi connectivity index (χ3n) is 5.33. The Labute approximate surface area is 166 Å². The van der Waals surface area contributed by atoms with Crippen molar-refractivity contribution in [2.75, 3.05) is 6.61 Å². The van der Waals surface area contributed by atoms with E-state index in [1.54, 1.807) is 12.1 Å². The van der Waals surface area contributed by atoms with Crippen molar-refractivity contribution in [1.82, 2.24) is 20.4 Å². The van der Waals surface area contributed by atoms with Crippen LogP contribution in [0.2, 0.25) is 0 Å². The quantitative estimate of drug-likeness (QED) is 0.691. The summed E-state index contributed by atoms with van der Waals surface area (Å²) >= 11 is 0. The molecule has 0 aliphatic carbocycles. The Morgan fingerprint density at radius 1 is 1.14 bits per heavy atom. The lowest BCUT2D eigenvalue weighted by Crippen LogP contribution is -2.47. The van der Waals surface area contributed by atoms with Crippen LogP contribution in [-0.4, -0.2) is 33.6 Å². The highest BCUT2D eigenvalue weighted by Crippen LogP contribution is 2.41. The fourth-order valence-corrected chi connectivity index (χ4v) is 3.79. The third-order valence-corrected chi connectivity index (χ3v) is 5.33. The molecule has 8 nitrogen and oxygen atoms in total. The molecule has 0 bridgehead atoms. The standard InChI is InChI=1S/C21H18N4O4/c1-13-6-8-14(9-7-13)18-22-17(29-24-18)12-25-19(26)21(23-20(25)27)10-11-28-16-5-3-2-4-15(16)21/h2-9H,10-12H2,1H3,(H,23,27)/t21-/m1/s1. The van der Waals surface area contributed by atoms with E-state index in [0.717, 1.165) is 16.0 Å². The highest BCUT2D eigenvalue weighted by atomic mass is 16.5. The first-order chi connectivity index (χ1) is 14.1. The van der Waals surface area contributed by atoms with E-state index < -0.39 is 11.6 Å². The van der Waals surface area contributed by atoms with Gasteiger partial charge in [0, 0.05) is 17.5 Å². The fourth-order valence-electron chi connectivity index (χ4n) is 3.79. The molecule has 1 saturated heterocycles. The predicted octanol–water partition coefficient (Wildman–Crippen LogP) is 2.77. The average molecular weight is 390 g/mol. The number of carbonyl (C=O) groups excluding carboxylic acids is 2. The first kappa shape index (κ1) is 17.4. The van der Waals surface area contributed by atoms with Crippen molar-refractivity contribution in [1.29, 1.82) is 0 Å². The monoisotopic (exact) mass is 390 g/mol. The summed E-state index contributed by atoms with van der Waals surface area (Å²) in [5, 5.41) is 6.83. The van der Waals surface area contributed by atoms with Crippen LogP contribution < -0.4 is 10.1 Å². The van der Waals surface area contributed by atoms with Gasteiger partial charge in [0.05, 0.1) is 6.61 Å². The van der Waals surface area contributed by atoms with Gasteiger partial charge in [-0.1, -0.05) is 53.2 Å². The zero-order valence-corrected chi connectivity index (χ0v) is 15.7. The van der Waals surface area contributed by atoms with Crippen molar-refractivity contribution < 1.29 is 18.8 Å². The van der Waals surface area contributed by atoms with Crippen LogP contribution in [0.4, 0.5) is 4.79 Å². The minimum atomic E-state index is -1.12. The van der Waals surface area contributed by atoms with Crippen molar-refractivity contribution in [2.45, 2.75) is 25.4 Å². The number of para-hydroxylation sites is 1. The summed E-state index contributed by atoms with van der Waals surface area (Å²) in [6.45, 7) is 2.25. The van der Waals surface area contributed by atoms with E-state index in [2.05, 4.69) is 15.5 Å². The highest BCUT2D eigenvalue weighted by Gasteiger charge is 2.55. The zero-order chi connectivity index (χ0) is 20.0. The largest absolute Gasteiger partial charge is 0.493 e. The molecule has 2 aliphatic rings. The molecule has 3 aromatic rings. The van der Waals surface area contributed by atoms with Crippen LogP contribution in [-0.2, 0) is 16.9 Å². The number of benzene rings is 2. The van der Waals surface area contributed by atoms with Crippen LogP contribution in [0.1, 0.15) is 23.4 Å². The van der Waals surface area contributed by atoms with Crippen LogP contribution in [0.5, 0.6) is 5.75 Å². The lowest BCUT2D eigenvalue weighted by molar-refractivity contribution is -0.133. The van der Waals surface area contributed by atoms with E-state index >= 15 is 0 Å². The van der Waals surface area contributed by atoms with Gasteiger partial charge in [-0.05, 0) is 13.0 Å². The Balaban J connectivity index is 1.42. The molecular weight excluding hydrogens is 372 g/mol. The molecule has 146 valence electrons. The molecule has 5 rings (SSSR count). The van der Waals surface area contributed by atoms with Crippen molar-refractivity contribution in [2.24, 2.45) is 0 Å². The average Bonchev–Trinajstić information content (AvgIpc) is 3.29. The third kappa shape index (κ3) is 2.75. The molecule has 8 heteroatoms. The van der Waals surface area contributed by atoms with Gasteiger partial charge in [-0.3, -0.25) is 9.69 Å². The van der Waals surface area contributed by atoms with Gasteiger partial charge >= 0.3 is 6.03 Å². The number of urea groups is 1. The molecule has 2 aliphatic heterocycles. The second-order valence-corrected chi connectivity index (χ2v) is 7.20. The van der Waals surface area contributed by atoms with Gasteiger partial charge in [0.15, 0.2) is 5.54 Å². The van der Waals surface area contributed by atoms with Gasteiger partial charge in [-0.2, -0.15) is 4.98 Å². The van der Waals surface area contributed by atoms with Gasteiger partial charge < -0.3 is 14.6 Å². The Bertz CT molecular complexity index is 1110. The number of hydrogen-bond acceptors (Lipinski definition) is 6. The lowest BCUT2D eigenvalue weighted by atomic mass is 9.84. The molecule has 1 fully saturated rings. The fraction of sp³-hybridized carbons (Fsp3) is 0.238. The Hall–Kier alpha value is -3.68. The van der Waals surface area contributed by atoms with Crippen molar-refractivity contribution >= 4 is 11.9 Å². The maximum absolute atomic E-state index is 13.3. The maximum Gasteiger partial charge on any atom is 0.325 e. The molecule has 3 amide bonds. The van der Waals surface area contributed by atoms with E-state index in [-0.39, 0.29) is 18.3 Å². The molecule has 0 radical (unpaired) electrons. The molecule has 1 spiro atoms. The van der Waals surface area contributed by atoms with E-state index in [0.29, 0.717) is 30.2 Å². The van der Waals surface area contributed by atoms with Crippen molar-refractivity contribution in [3.63, 3.8) is 0 Å². The minimum absolute atomic E-state index is 0.0890. The van der Waals surface area contributed by atoms with E-state index in [4.69, 9.17) is 9.26 Å². The predicted molar refractivity (Wildman–Crippen MR) is 102 cm³/mol. The van der Waals surface area contributed by atoms with Gasteiger partial charge in [-0.15, -0.1) is 0 Å². The van der Waals surface area contributed by atoms with Crippen LogP contribution in [0.25, 0.3) is 11.4 Å². The van der Waals surface area contributed by atoms with Crippen LogP contribution in [0.15, 0.2) is 53.1 Å². The van der Waals surface area contributed by atoms with E-state index in [9.17, 15) is 9.59 Å². The Kier molecular flexibility index (Phi) is 3.87. The van der Waals surface area contributed by atoms with Crippen LogP contribution in [0, 0.1) is 6.92 Å². The summed E-state index contributed by atoms with van der Waals surface area (Å²) < 4.78 is 10.9. The second-order valence-electron chi connectivity index (χ2n) is 7.20. The molecule has 1 atom stereocenters. The summed E-state index contributed by atoms with van der Waals surface area (Å²) in [4.78, 5) is 31.4. The maximum atomic E-state index is 13.3. The molecule has 0 saturated carbocycles. The SMILES string of the molecule is Cc1ccc(-c2noc(CN3C(=O)N[C@@]4(CCOc5ccccc54)C3=O)n2)cc1. The number of amides is 3. The first-order valence-corrected chi connectivity index (χ1v) is 9.33. The minimum Gasteiger partial charge on any atom is -0.493 e. The summed E-state index contributed by atoms with van der Waals surface area (Å²) in [5.41, 5.74) is 1.47. The Morgan fingerprint density at radius 2 is 1.93 bits per heavy atom. The second kappa shape index (κ2) is 6.44. The van der Waals surface area contributed by atoms with Gasteiger partial charge in [0.1, 0.15) is 12.3 Å². The smallest absolute Gasteiger partial charge is 0.325 e. The molecule has 29 heavy (non-hydrogen) atoms. The number of rotatable bonds is 3. The Morgan fingerprint density at radius 3 is 2.76 bits per heavy atom. The zero-order valence-electron chi connectivity index (χ0n) is 15.7. The number of aromatic nitrogens is 2. The number of nitrogens with one attached hydrogen (secondary N) is 1. The number of hydrogen-bond donors (Lipinski definition) is 1. The molecule has 3 heterocycles. The van der Waals surface area contributed by atoms with Gasteiger partial charge in [0.2, 0.25) is 11.7 Å². The number of fused-ring (bicyclic) bond motifs is 2. The number of imide groups is 1. The molecule has 2 aromatic carbocycles. The van der Waals surface area contributed by atoms with Crippen LogP contribution in [0.3, 0.4) is 0 Å². The number of carbonyl (C=O) groups is 2.